The molecule has 0 amide bonds. The van der Waals surface area contributed by atoms with Crippen LogP contribution in [0.15, 0.2) is 42.5 Å². The Morgan fingerprint density at radius 1 is 0.933 bits per heavy atom. The number of aliphatic hydroxyl groups is 4. The van der Waals surface area contributed by atoms with Crippen LogP contribution in [0.5, 0.6) is 0 Å². The second-order valence-corrected chi connectivity index (χ2v) is 9.42. The molecule has 158 valence electrons. The molecule has 2 aromatic rings. The minimum atomic E-state index is -1.41. The Balaban J connectivity index is 1.67. The number of hydrogen-bond acceptors (Lipinski definition) is 5. The molecule has 1 aliphatic heterocycles. The normalized spacial score (nSPS) is 29.7. The summed E-state index contributed by atoms with van der Waals surface area (Å²) in [6.07, 6.45) is -3.43. The minimum Gasteiger partial charge on any atom is -0.394 e. The molecular weight excluding hydrogens is 401 g/mol. The molecular formula is C22H27B2ClO5. The molecule has 8 heteroatoms. The number of hydrogen-bond donors (Lipinski definition) is 4. The Morgan fingerprint density at radius 2 is 1.57 bits per heavy atom. The average molecular weight is 429 g/mol. The molecule has 0 aromatic heterocycles. The lowest BCUT2D eigenvalue weighted by molar-refractivity contribution is -0.231. The quantitative estimate of drug-likeness (QED) is 0.511. The monoisotopic (exact) mass is 428 g/mol. The van der Waals surface area contributed by atoms with Crippen LogP contribution in [0.3, 0.4) is 0 Å². The molecule has 1 saturated heterocycles. The maximum Gasteiger partial charge on any atom is 0.113 e. The largest absolute Gasteiger partial charge is 0.394 e. The molecule has 1 heterocycles. The topological polar surface area (TPSA) is 90.2 Å². The molecule has 0 bridgehead atoms. The van der Waals surface area contributed by atoms with E-state index in [4.69, 9.17) is 16.3 Å². The molecule has 5 nitrogen and oxygen atoms in total. The van der Waals surface area contributed by atoms with Gasteiger partial charge >= 0.3 is 0 Å². The van der Waals surface area contributed by atoms with Gasteiger partial charge < -0.3 is 25.2 Å². The summed E-state index contributed by atoms with van der Waals surface area (Å²) in [5.41, 5.74) is 4.00. The van der Waals surface area contributed by atoms with Crippen molar-refractivity contribution in [2.24, 2.45) is 0 Å². The van der Waals surface area contributed by atoms with Crippen molar-refractivity contribution in [2.75, 3.05) is 6.61 Å². The Labute approximate surface area is 183 Å². The standard InChI is InChI=1S/C22H27B2ClO5/c23-22(24,14-6-3-12(4-7-14)11-1-2-11)15-9-13(5-8-16(15)25)21-20(29)19(28)18(27)17(10-26)30-21/h3-9,11,17-21,26-29H,1-2,10,23-24H2/t17-,18-,19+,20-,21+/m1/s1. The van der Waals surface area contributed by atoms with E-state index in [1.54, 1.807) is 12.1 Å². The van der Waals surface area contributed by atoms with Crippen molar-refractivity contribution in [3.8, 4) is 0 Å². The smallest absolute Gasteiger partial charge is 0.113 e. The molecule has 1 aliphatic carbocycles. The summed E-state index contributed by atoms with van der Waals surface area (Å²) in [7, 11) is 4.19. The third-order valence-electron chi connectivity index (χ3n) is 6.57. The predicted octanol–water partition coefficient (Wildman–Crippen LogP) is 0.200. The van der Waals surface area contributed by atoms with Crippen molar-refractivity contribution < 1.29 is 25.2 Å². The molecule has 0 radical (unpaired) electrons. The molecule has 0 spiro atoms. The van der Waals surface area contributed by atoms with Crippen molar-refractivity contribution in [3.63, 3.8) is 0 Å². The first-order chi connectivity index (χ1) is 14.2. The summed E-state index contributed by atoms with van der Waals surface area (Å²) in [5, 5.41) is 40.4. The zero-order valence-electron chi connectivity index (χ0n) is 17.2. The zero-order valence-corrected chi connectivity index (χ0v) is 18.0. The summed E-state index contributed by atoms with van der Waals surface area (Å²) in [6, 6.07) is 14.0. The van der Waals surface area contributed by atoms with Crippen LogP contribution < -0.4 is 0 Å². The van der Waals surface area contributed by atoms with Crippen LogP contribution >= 0.6 is 11.6 Å². The second-order valence-electron chi connectivity index (χ2n) is 9.01. The van der Waals surface area contributed by atoms with Crippen LogP contribution in [0.1, 0.15) is 47.1 Å². The highest BCUT2D eigenvalue weighted by Gasteiger charge is 2.44. The van der Waals surface area contributed by atoms with Gasteiger partial charge in [0.05, 0.1) is 6.61 Å². The van der Waals surface area contributed by atoms with Crippen LogP contribution in [-0.4, -0.2) is 67.1 Å². The molecule has 1 saturated carbocycles. The van der Waals surface area contributed by atoms with E-state index in [1.807, 2.05) is 6.07 Å². The van der Waals surface area contributed by atoms with Crippen molar-refractivity contribution in [2.45, 2.75) is 54.5 Å². The first kappa shape index (κ1) is 21.9. The van der Waals surface area contributed by atoms with Gasteiger partial charge in [0.15, 0.2) is 0 Å². The van der Waals surface area contributed by atoms with Gasteiger partial charge in [-0.1, -0.05) is 53.6 Å². The third-order valence-corrected chi connectivity index (χ3v) is 6.90. The average Bonchev–Trinajstić information content (AvgIpc) is 3.58. The fraction of sp³-hybridized carbons (Fsp3) is 0.455. The lowest BCUT2D eigenvalue weighted by atomic mass is 9.48. The lowest BCUT2D eigenvalue weighted by Crippen LogP contribution is -2.55. The van der Waals surface area contributed by atoms with E-state index in [0.29, 0.717) is 16.5 Å². The van der Waals surface area contributed by atoms with Gasteiger partial charge in [-0.25, -0.2) is 0 Å². The van der Waals surface area contributed by atoms with Gasteiger partial charge in [0.2, 0.25) is 0 Å². The summed E-state index contributed by atoms with van der Waals surface area (Å²) >= 11 is 6.57. The van der Waals surface area contributed by atoms with E-state index in [2.05, 4.69) is 40.0 Å². The van der Waals surface area contributed by atoms with Gasteiger partial charge in [0, 0.05) is 5.02 Å². The summed E-state index contributed by atoms with van der Waals surface area (Å²) in [4.78, 5) is 0. The fourth-order valence-electron chi connectivity index (χ4n) is 4.32. The van der Waals surface area contributed by atoms with Crippen molar-refractivity contribution in [3.05, 3.63) is 69.7 Å². The van der Waals surface area contributed by atoms with Gasteiger partial charge in [-0.3, -0.25) is 0 Å². The van der Waals surface area contributed by atoms with Crippen LogP contribution in [0.25, 0.3) is 0 Å². The van der Waals surface area contributed by atoms with Gasteiger partial charge in [0.1, 0.15) is 46.2 Å². The van der Waals surface area contributed by atoms with Crippen LogP contribution in [0.2, 0.25) is 5.02 Å². The van der Waals surface area contributed by atoms with E-state index >= 15 is 0 Å². The Kier molecular flexibility index (Phi) is 6.05. The molecule has 2 aliphatic rings. The molecule has 5 atom stereocenters. The number of aliphatic hydroxyl groups excluding tert-OH is 4. The van der Waals surface area contributed by atoms with Crippen LogP contribution in [0, 0.1) is 0 Å². The number of ether oxygens (including phenoxy) is 1. The SMILES string of the molecule is BC(B)(c1ccc(C2CC2)cc1)c1cc([C@@H]2O[C@H](CO)[C@@H](O)[C@H](O)[C@H]2O)ccc1Cl. The van der Waals surface area contributed by atoms with E-state index in [9.17, 15) is 20.4 Å². The van der Waals surface area contributed by atoms with E-state index in [-0.39, 0.29) is 0 Å². The highest BCUT2D eigenvalue weighted by atomic mass is 35.5. The third kappa shape index (κ3) is 3.95. The van der Waals surface area contributed by atoms with Gasteiger partial charge in [-0.05, 0) is 46.7 Å². The highest BCUT2D eigenvalue weighted by Crippen LogP contribution is 2.41. The van der Waals surface area contributed by atoms with E-state index in [0.717, 1.165) is 11.1 Å². The Bertz CT molecular complexity index is 901. The molecule has 30 heavy (non-hydrogen) atoms. The number of rotatable bonds is 5. The zero-order chi connectivity index (χ0) is 21.6. The first-order valence-corrected chi connectivity index (χ1v) is 10.8. The maximum absolute atomic E-state index is 10.5. The second kappa shape index (κ2) is 8.30. The Hall–Kier alpha value is -1.34. The van der Waals surface area contributed by atoms with Gasteiger partial charge in [-0.15, -0.1) is 0 Å². The van der Waals surface area contributed by atoms with E-state index in [1.165, 1.54) is 18.4 Å². The first-order valence-electron chi connectivity index (χ1n) is 10.4. The van der Waals surface area contributed by atoms with Crippen LogP contribution in [-0.2, 0) is 9.95 Å². The van der Waals surface area contributed by atoms with Gasteiger partial charge in [0.25, 0.3) is 0 Å². The molecule has 2 aromatic carbocycles. The summed E-state index contributed by atoms with van der Waals surface area (Å²) in [6.45, 7) is -0.458. The lowest BCUT2D eigenvalue weighted by Gasteiger charge is -2.40. The van der Waals surface area contributed by atoms with E-state index < -0.39 is 42.3 Å². The predicted molar refractivity (Wildman–Crippen MR) is 120 cm³/mol. The fourth-order valence-corrected chi connectivity index (χ4v) is 4.67. The van der Waals surface area contributed by atoms with Crippen molar-refractivity contribution >= 4 is 27.3 Å². The number of benzene rings is 2. The minimum absolute atomic E-state index is 0.400. The molecule has 4 rings (SSSR count). The van der Waals surface area contributed by atoms with Crippen molar-refractivity contribution in [1.82, 2.24) is 0 Å². The van der Waals surface area contributed by atoms with Gasteiger partial charge in [-0.2, -0.15) is 0 Å². The molecule has 2 fully saturated rings. The summed E-state index contributed by atoms with van der Waals surface area (Å²) in [5.74, 6) is 0.695. The molecule has 4 N–H and O–H groups in total. The highest BCUT2D eigenvalue weighted by molar-refractivity contribution is 6.44. The summed E-state index contributed by atoms with van der Waals surface area (Å²) < 4.78 is 5.73. The maximum atomic E-state index is 10.5. The Morgan fingerprint density at radius 3 is 2.17 bits per heavy atom. The van der Waals surface area contributed by atoms with Crippen molar-refractivity contribution in [1.29, 1.82) is 0 Å². The molecule has 0 unspecified atom stereocenters. The van der Waals surface area contributed by atoms with Crippen LogP contribution in [0.4, 0.5) is 0 Å². The number of halogens is 1.